The molecule has 192 valence electrons. The third-order valence-corrected chi connectivity index (χ3v) is 8.52. The van der Waals surface area contributed by atoms with Gasteiger partial charge in [0, 0.05) is 5.38 Å². The van der Waals surface area contributed by atoms with E-state index in [4.69, 9.17) is 43.5 Å². The molecular weight excluding hydrogens is 577 g/mol. The fourth-order valence-corrected chi connectivity index (χ4v) is 6.48. The van der Waals surface area contributed by atoms with Crippen molar-refractivity contribution in [2.24, 2.45) is 0 Å². The Labute approximate surface area is 198 Å². The first-order valence-electron chi connectivity index (χ1n) is 8.33. The van der Waals surface area contributed by atoms with E-state index in [2.05, 4.69) is 24.0 Å². The molecule has 7 N–H and O–H groups in total. The zero-order chi connectivity index (χ0) is 26.3. The van der Waals surface area contributed by atoms with Crippen molar-refractivity contribution in [3.63, 3.8) is 0 Å². The molecule has 0 aliphatic carbocycles. The van der Waals surface area contributed by atoms with Gasteiger partial charge in [0.1, 0.15) is 12.2 Å². The Morgan fingerprint density at radius 3 is 2.41 bits per heavy atom. The Bertz CT molecular complexity index is 1220. The fourth-order valence-electron chi connectivity index (χ4n) is 2.75. The lowest BCUT2D eigenvalue weighted by atomic mass is 9.97. The molecule has 1 saturated heterocycles. The second-order valence-corrected chi connectivity index (χ2v) is 11.6. The second kappa shape index (κ2) is 10.2. The first-order valence-corrected chi connectivity index (χ1v) is 13.6. The van der Waals surface area contributed by atoms with Gasteiger partial charge in [0.2, 0.25) is 0 Å². The van der Waals surface area contributed by atoms with Crippen LogP contribution in [0.3, 0.4) is 0 Å². The highest BCUT2D eigenvalue weighted by atomic mass is 35.5. The Kier molecular flexibility index (Phi) is 8.81. The van der Waals surface area contributed by atoms with Gasteiger partial charge in [-0.3, -0.25) is 9.09 Å². The molecule has 34 heavy (non-hydrogen) atoms. The van der Waals surface area contributed by atoms with E-state index in [0.717, 1.165) is 6.92 Å². The van der Waals surface area contributed by atoms with Crippen molar-refractivity contribution >= 4 is 52.5 Å². The van der Waals surface area contributed by atoms with Crippen molar-refractivity contribution in [3.8, 4) is 11.3 Å². The SMILES string of the molecule is C[C@@H](OP(=O)(O)OP(=O)(O)OP(=O)(O)O)[C@H]1O[C@@H](n2cc(F)c(N)nc2=O)C(Cl)(C#CCl)[C@H]1O. The van der Waals surface area contributed by atoms with E-state index in [9.17, 15) is 37.8 Å². The number of alkyl halides is 1. The molecule has 0 radical (unpaired) electrons. The second-order valence-electron chi connectivity index (χ2n) is 6.45. The van der Waals surface area contributed by atoms with E-state index in [0.29, 0.717) is 10.8 Å². The van der Waals surface area contributed by atoms with Crippen molar-refractivity contribution in [2.75, 3.05) is 5.73 Å². The van der Waals surface area contributed by atoms with Crippen molar-refractivity contribution in [1.29, 1.82) is 0 Å². The Morgan fingerprint density at radius 2 is 1.88 bits per heavy atom. The molecule has 1 aliphatic rings. The summed E-state index contributed by atoms with van der Waals surface area (Å²) in [6, 6.07) is 0. The smallest absolute Gasteiger partial charge is 0.387 e. The molecule has 0 saturated carbocycles. The Balaban J connectivity index is 2.35. The highest BCUT2D eigenvalue weighted by Crippen LogP contribution is 2.66. The lowest BCUT2D eigenvalue weighted by molar-refractivity contribution is -0.0751. The van der Waals surface area contributed by atoms with Gasteiger partial charge in [0.25, 0.3) is 0 Å². The number of nitrogens with zero attached hydrogens (tertiary/aromatic N) is 2. The summed E-state index contributed by atoms with van der Waals surface area (Å²) in [6.07, 6.45) is -6.83. The summed E-state index contributed by atoms with van der Waals surface area (Å²) < 4.78 is 65.7. The molecular formula is C12H15Cl2FN3O13P3. The maximum Gasteiger partial charge on any atom is 0.490 e. The molecule has 0 amide bonds. The zero-order valence-electron chi connectivity index (χ0n) is 16.3. The Hall–Kier alpha value is -0.920. The van der Waals surface area contributed by atoms with Crippen LogP contribution in [0.5, 0.6) is 0 Å². The van der Waals surface area contributed by atoms with Gasteiger partial charge in [0.05, 0.1) is 12.3 Å². The molecule has 1 aromatic heterocycles. The number of phosphoric acid groups is 3. The monoisotopic (exact) mass is 591 g/mol. The number of phosphoric ester groups is 1. The first kappa shape index (κ1) is 29.3. The van der Waals surface area contributed by atoms with Gasteiger partial charge in [-0.05, 0) is 18.5 Å². The standard InChI is InChI=1S/C12H15Cl2FN3O13P3/c1-5(29-33(24,25)31-34(26,27)30-32(21,22)23)7-8(19)12(14,2-3-13)10(28-7)18-4-6(15)9(16)17-11(18)20/h4-5,7-8,10,19H,1H3,(H,24,25)(H,26,27)(H2,16,17,20)(H2,21,22,23)/t5-,7-,8+,10-,12?/m1/s1. The van der Waals surface area contributed by atoms with Crippen LogP contribution in [0.25, 0.3) is 0 Å². The number of nitrogens with two attached hydrogens (primary N) is 1. The van der Waals surface area contributed by atoms with Crippen LogP contribution >= 0.6 is 46.7 Å². The molecule has 2 heterocycles. The van der Waals surface area contributed by atoms with E-state index in [1.165, 1.54) is 0 Å². The van der Waals surface area contributed by atoms with Crippen molar-refractivity contribution < 1.29 is 60.6 Å². The van der Waals surface area contributed by atoms with Crippen LogP contribution < -0.4 is 11.4 Å². The van der Waals surface area contributed by atoms with Gasteiger partial charge < -0.3 is 35.2 Å². The summed E-state index contributed by atoms with van der Waals surface area (Å²) in [6.45, 7) is 0.963. The van der Waals surface area contributed by atoms with Crippen LogP contribution in [0.15, 0.2) is 11.0 Å². The van der Waals surface area contributed by atoms with Crippen LogP contribution in [-0.4, -0.2) is 57.4 Å². The van der Waals surface area contributed by atoms with Gasteiger partial charge in [-0.25, -0.2) is 22.9 Å². The molecule has 1 aliphatic heterocycles. The van der Waals surface area contributed by atoms with Crippen molar-refractivity contribution in [2.45, 2.75) is 36.3 Å². The average Bonchev–Trinajstić information content (AvgIpc) is 2.86. The number of ether oxygens (including phenoxy) is 1. The molecule has 1 fully saturated rings. The number of anilines is 1. The Morgan fingerprint density at radius 1 is 1.29 bits per heavy atom. The van der Waals surface area contributed by atoms with Gasteiger partial charge >= 0.3 is 29.2 Å². The third-order valence-electron chi connectivity index (χ3n) is 3.99. The van der Waals surface area contributed by atoms with E-state index >= 15 is 0 Å². The predicted molar refractivity (Wildman–Crippen MR) is 109 cm³/mol. The number of halogens is 3. The van der Waals surface area contributed by atoms with Crippen molar-refractivity contribution in [3.05, 3.63) is 22.5 Å². The van der Waals surface area contributed by atoms with Crippen LogP contribution in [0.1, 0.15) is 13.2 Å². The van der Waals surface area contributed by atoms with Crippen LogP contribution in [-0.2, 0) is 31.6 Å². The third kappa shape index (κ3) is 6.85. The minimum atomic E-state index is -5.83. The summed E-state index contributed by atoms with van der Waals surface area (Å²) >= 11 is 11.7. The normalized spacial score (nSPS) is 29.5. The average molecular weight is 592 g/mol. The zero-order valence-corrected chi connectivity index (χ0v) is 20.5. The van der Waals surface area contributed by atoms with Crippen LogP contribution in [0, 0.1) is 17.1 Å². The minimum absolute atomic E-state index is 0.459. The first-order chi connectivity index (χ1) is 15.3. The maximum absolute atomic E-state index is 13.9. The molecule has 16 nitrogen and oxygen atoms in total. The number of rotatable bonds is 8. The minimum Gasteiger partial charge on any atom is -0.387 e. The molecule has 0 spiro atoms. The highest BCUT2D eigenvalue weighted by molar-refractivity contribution is 7.66. The molecule has 22 heteroatoms. The summed E-state index contributed by atoms with van der Waals surface area (Å²) in [4.78, 5) is 49.1. The lowest BCUT2D eigenvalue weighted by Gasteiger charge is -2.26. The largest absolute Gasteiger partial charge is 0.490 e. The lowest BCUT2D eigenvalue weighted by Crippen LogP contribution is -2.45. The molecule has 3 unspecified atom stereocenters. The molecule has 1 aromatic rings. The van der Waals surface area contributed by atoms with Crippen LogP contribution in [0.2, 0.25) is 0 Å². The quantitative estimate of drug-likeness (QED) is 0.133. The molecule has 7 atom stereocenters. The molecule has 0 bridgehead atoms. The summed E-state index contributed by atoms with van der Waals surface area (Å²) in [5, 5.41) is 12.5. The van der Waals surface area contributed by atoms with E-state index in [1.807, 2.05) is 5.38 Å². The molecule has 2 rings (SSSR count). The number of aliphatic hydroxyl groups excluding tert-OH is 1. The fraction of sp³-hybridized carbons (Fsp3) is 0.500. The maximum atomic E-state index is 13.9. The van der Waals surface area contributed by atoms with Gasteiger partial charge in [-0.1, -0.05) is 17.5 Å². The van der Waals surface area contributed by atoms with Crippen LogP contribution in [0.4, 0.5) is 10.2 Å². The summed E-state index contributed by atoms with van der Waals surface area (Å²) in [7, 11) is -17.1. The topological polar surface area (TPSA) is 250 Å². The van der Waals surface area contributed by atoms with E-state index in [-0.39, 0.29) is 0 Å². The van der Waals surface area contributed by atoms with Gasteiger partial charge in [-0.15, -0.1) is 0 Å². The number of nitrogen functional groups attached to an aromatic ring is 1. The number of aromatic nitrogens is 2. The van der Waals surface area contributed by atoms with Gasteiger partial charge in [-0.2, -0.15) is 13.6 Å². The number of hydrogen-bond donors (Lipinski definition) is 6. The molecule has 0 aromatic carbocycles. The van der Waals surface area contributed by atoms with E-state index < -0.39 is 70.2 Å². The summed E-state index contributed by atoms with van der Waals surface area (Å²) in [5.41, 5.74) is 4.01. The number of hydrogen-bond acceptors (Lipinski definition) is 11. The number of aliphatic hydroxyl groups is 1. The summed E-state index contributed by atoms with van der Waals surface area (Å²) in [5.74, 6) is 0.204. The van der Waals surface area contributed by atoms with E-state index in [1.54, 1.807) is 0 Å². The van der Waals surface area contributed by atoms with Crippen molar-refractivity contribution in [1.82, 2.24) is 9.55 Å². The predicted octanol–water partition coefficient (Wildman–Crippen LogP) is 0.132. The van der Waals surface area contributed by atoms with Gasteiger partial charge in [0.15, 0.2) is 22.7 Å². The highest BCUT2D eigenvalue weighted by Gasteiger charge is 2.58.